The molecule has 1 aromatic carbocycles. The topological polar surface area (TPSA) is 26.3 Å². The van der Waals surface area contributed by atoms with Gasteiger partial charge in [0.1, 0.15) is 12.5 Å². The third-order valence-electron chi connectivity index (χ3n) is 3.33. The first-order valence-corrected chi connectivity index (χ1v) is 7.64. The van der Waals surface area contributed by atoms with E-state index in [1.807, 2.05) is 44.2 Å². The predicted molar refractivity (Wildman–Crippen MR) is 67.7 cm³/mol. The second kappa shape index (κ2) is 4.01. The molecule has 0 saturated carbocycles. The summed E-state index contributed by atoms with van der Waals surface area (Å²) in [5, 5.41) is 0.424. The highest BCUT2D eigenvalue weighted by atomic mass is 31.2. The summed E-state index contributed by atoms with van der Waals surface area (Å²) in [7, 11) is -2.45. The lowest BCUT2D eigenvalue weighted by atomic mass is 10.2. The summed E-state index contributed by atoms with van der Waals surface area (Å²) in [6.07, 6.45) is 0.754. The molecule has 1 aliphatic rings. The van der Waals surface area contributed by atoms with Crippen molar-refractivity contribution in [2.24, 2.45) is 5.92 Å². The molecule has 0 spiro atoms. The molecule has 3 heteroatoms. The number of rotatable bonds is 1. The van der Waals surface area contributed by atoms with E-state index in [1.54, 1.807) is 0 Å². The average molecular weight is 238 g/mol. The predicted octanol–water partition coefficient (Wildman–Crippen LogP) is 3.08. The SMILES string of the molecule is C[C@@H]1COC(C)(C)[P@](=O)(c2ccccc2)C1. The molecule has 1 saturated heterocycles. The fourth-order valence-corrected chi connectivity index (χ4v) is 5.44. The molecule has 0 N–H and O–H groups in total. The Balaban J connectivity index is 2.46. The van der Waals surface area contributed by atoms with Gasteiger partial charge in [-0.05, 0) is 19.8 Å². The zero-order chi connectivity index (χ0) is 11.8. The van der Waals surface area contributed by atoms with Crippen molar-refractivity contribution in [3.8, 4) is 0 Å². The van der Waals surface area contributed by atoms with Crippen LogP contribution in [0.3, 0.4) is 0 Å². The van der Waals surface area contributed by atoms with E-state index in [4.69, 9.17) is 4.74 Å². The van der Waals surface area contributed by atoms with Gasteiger partial charge in [-0.25, -0.2) is 0 Å². The maximum absolute atomic E-state index is 13.2. The lowest BCUT2D eigenvalue weighted by molar-refractivity contribution is 0.0147. The van der Waals surface area contributed by atoms with E-state index >= 15 is 0 Å². The van der Waals surface area contributed by atoms with Crippen molar-refractivity contribution in [1.82, 2.24) is 0 Å². The van der Waals surface area contributed by atoms with E-state index in [1.165, 1.54) is 0 Å². The monoisotopic (exact) mass is 238 g/mol. The molecular weight excluding hydrogens is 219 g/mol. The van der Waals surface area contributed by atoms with Gasteiger partial charge in [0.05, 0.1) is 6.61 Å². The van der Waals surface area contributed by atoms with Gasteiger partial charge >= 0.3 is 0 Å². The van der Waals surface area contributed by atoms with Crippen molar-refractivity contribution >= 4 is 12.4 Å². The maximum Gasteiger partial charge on any atom is 0.145 e. The minimum Gasteiger partial charge on any atom is -0.367 e. The Bertz CT molecular complexity index is 411. The van der Waals surface area contributed by atoms with Crippen LogP contribution in [0.5, 0.6) is 0 Å². The minimum atomic E-state index is -2.45. The van der Waals surface area contributed by atoms with Gasteiger partial charge in [-0.1, -0.05) is 37.3 Å². The van der Waals surface area contributed by atoms with Crippen molar-refractivity contribution in [3.63, 3.8) is 0 Å². The van der Waals surface area contributed by atoms with Crippen LogP contribution in [-0.2, 0) is 9.30 Å². The van der Waals surface area contributed by atoms with Crippen LogP contribution in [0.2, 0.25) is 0 Å². The lowest BCUT2D eigenvalue weighted by Gasteiger charge is -2.41. The lowest BCUT2D eigenvalue weighted by Crippen LogP contribution is -2.39. The van der Waals surface area contributed by atoms with E-state index in [2.05, 4.69) is 6.92 Å². The van der Waals surface area contributed by atoms with E-state index in [0.29, 0.717) is 12.5 Å². The molecule has 0 radical (unpaired) electrons. The van der Waals surface area contributed by atoms with Crippen LogP contribution >= 0.6 is 7.14 Å². The molecule has 0 bridgehead atoms. The fourth-order valence-electron chi connectivity index (χ4n) is 2.25. The number of hydrogen-bond acceptors (Lipinski definition) is 2. The van der Waals surface area contributed by atoms with Gasteiger partial charge in [-0.15, -0.1) is 0 Å². The number of benzene rings is 1. The van der Waals surface area contributed by atoms with Crippen LogP contribution in [0, 0.1) is 5.92 Å². The summed E-state index contributed by atoms with van der Waals surface area (Å²) in [6.45, 7) is 6.72. The highest BCUT2D eigenvalue weighted by Crippen LogP contribution is 2.60. The molecule has 2 rings (SSSR count). The standard InChI is InChI=1S/C13H19O2P/c1-11-9-15-13(2,3)16(14,10-11)12-7-5-4-6-8-12/h4-8,11H,9-10H2,1-3H3/t11-,16-/m1/s1. The molecule has 0 aromatic heterocycles. The molecule has 2 atom stereocenters. The molecule has 2 nitrogen and oxygen atoms in total. The number of ether oxygens (including phenoxy) is 1. The van der Waals surface area contributed by atoms with E-state index in [0.717, 1.165) is 11.5 Å². The van der Waals surface area contributed by atoms with Crippen LogP contribution in [-0.4, -0.2) is 18.1 Å². The second-order valence-corrected chi connectivity index (χ2v) is 8.56. The van der Waals surface area contributed by atoms with Crippen molar-refractivity contribution in [3.05, 3.63) is 30.3 Å². The highest BCUT2D eigenvalue weighted by molar-refractivity contribution is 7.72. The summed E-state index contributed by atoms with van der Waals surface area (Å²) in [4.78, 5) is 0. The van der Waals surface area contributed by atoms with Gasteiger partial charge in [-0.2, -0.15) is 0 Å². The molecule has 0 unspecified atom stereocenters. The van der Waals surface area contributed by atoms with Crippen molar-refractivity contribution < 1.29 is 9.30 Å². The van der Waals surface area contributed by atoms with Gasteiger partial charge in [0.15, 0.2) is 0 Å². The molecule has 88 valence electrons. The van der Waals surface area contributed by atoms with Crippen LogP contribution in [0.1, 0.15) is 20.8 Å². The van der Waals surface area contributed by atoms with Gasteiger partial charge < -0.3 is 9.30 Å². The average Bonchev–Trinajstić information content (AvgIpc) is 2.26. The molecule has 1 aromatic rings. The molecule has 0 aliphatic carbocycles. The summed E-state index contributed by atoms with van der Waals surface area (Å²) in [5.41, 5.74) is 0. The first-order valence-electron chi connectivity index (χ1n) is 5.74. The summed E-state index contributed by atoms with van der Waals surface area (Å²) in [6, 6.07) is 9.78. The smallest absolute Gasteiger partial charge is 0.145 e. The van der Waals surface area contributed by atoms with Crippen molar-refractivity contribution in [2.45, 2.75) is 26.1 Å². The van der Waals surface area contributed by atoms with Crippen molar-refractivity contribution in [2.75, 3.05) is 12.8 Å². The zero-order valence-corrected chi connectivity index (χ0v) is 11.0. The summed E-state index contributed by atoms with van der Waals surface area (Å²) in [5.74, 6) is 0.374. The molecule has 1 fully saturated rings. The first-order chi connectivity index (χ1) is 7.46. The van der Waals surface area contributed by atoms with E-state index < -0.39 is 12.5 Å². The molecule has 0 amide bonds. The van der Waals surface area contributed by atoms with Gasteiger partial charge in [0, 0.05) is 11.5 Å². The molecule has 1 heterocycles. The summed E-state index contributed by atoms with van der Waals surface area (Å²) < 4.78 is 19.0. The third-order valence-corrected chi connectivity index (χ3v) is 7.47. The van der Waals surface area contributed by atoms with Gasteiger partial charge in [0.25, 0.3) is 0 Å². The van der Waals surface area contributed by atoms with E-state index in [9.17, 15) is 4.57 Å². The largest absolute Gasteiger partial charge is 0.367 e. The third kappa shape index (κ3) is 1.85. The Morgan fingerprint density at radius 2 is 1.94 bits per heavy atom. The van der Waals surface area contributed by atoms with Gasteiger partial charge in [0.2, 0.25) is 0 Å². The molecule has 1 aliphatic heterocycles. The zero-order valence-electron chi connectivity index (χ0n) is 10.1. The second-order valence-electron chi connectivity index (χ2n) is 5.12. The normalized spacial score (nSPS) is 33.6. The summed E-state index contributed by atoms with van der Waals surface area (Å²) >= 11 is 0. The van der Waals surface area contributed by atoms with Crippen LogP contribution in [0.25, 0.3) is 0 Å². The Hall–Kier alpha value is -0.590. The Morgan fingerprint density at radius 1 is 1.31 bits per heavy atom. The van der Waals surface area contributed by atoms with Crippen molar-refractivity contribution in [1.29, 1.82) is 0 Å². The highest BCUT2D eigenvalue weighted by Gasteiger charge is 2.46. The maximum atomic E-state index is 13.2. The van der Waals surface area contributed by atoms with Crippen LogP contribution < -0.4 is 5.30 Å². The Kier molecular flexibility index (Phi) is 2.98. The molecular formula is C13H19O2P. The molecule has 16 heavy (non-hydrogen) atoms. The Labute approximate surface area is 97.4 Å². The minimum absolute atomic E-state index is 0.374. The van der Waals surface area contributed by atoms with Crippen LogP contribution in [0.4, 0.5) is 0 Å². The van der Waals surface area contributed by atoms with Gasteiger partial charge in [-0.3, -0.25) is 0 Å². The fraction of sp³-hybridized carbons (Fsp3) is 0.538. The number of hydrogen-bond donors (Lipinski definition) is 0. The van der Waals surface area contributed by atoms with Crippen LogP contribution in [0.15, 0.2) is 30.3 Å². The van der Waals surface area contributed by atoms with E-state index in [-0.39, 0.29) is 0 Å². The quantitative estimate of drug-likeness (QED) is 0.703. The Morgan fingerprint density at radius 3 is 2.56 bits per heavy atom. The first kappa shape index (κ1) is 11.9.